The van der Waals surface area contributed by atoms with Crippen molar-refractivity contribution < 1.29 is 14.5 Å². The predicted octanol–water partition coefficient (Wildman–Crippen LogP) is 3.57. The summed E-state index contributed by atoms with van der Waals surface area (Å²) in [4.78, 5) is 15.8. The van der Waals surface area contributed by atoms with E-state index in [1.165, 1.54) is 11.8 Å². The number of phenolic OH excluding ortho intramolecular Hbond substituents is 1. The van der Waals surface area contributed by atoms with Crippen LogP contribution in [0.15, 0.2) is 46.3 Å². The zero-order valence-corrected chi connectivity index (χ0v) is 17.5. The number of fused-ring (bicyclic) bond motifs is 3. The number of aromatic amines is 1. The van der Waals surface area contributed by atoms with Gasteiger partial charge >= 0.3 is 11.3 Å². The van der Waals surface area contributed by atoms with E-state index in [1.807, 2.05) is 38.1 Å². The Morgan fingerprint density at radius 2 is 2.10 bits per heavy atom. The van der Waals surface area contributed by atoms with E-state index < -0.39 is 6.17 Å². The van der Waals surface area contributed by atoms with Gasteiger partial charge in [0.05, 0.1) is 22.9 Å². The summed E-state index contributed by atoms with van der Waals surface area (Å²) in [6, 6.07) is 10.9. The number of halogens is 1. The number of ether oxygens (including phenoxy) is 1. The molecular formula is C20H20ClN4O3S+. The number of aromatic nitrogens is 3. The van der Waals surface area contributed by atoms with Gasteiger partial charge in [0.2, 0.25) is 5.16 Å². The molecule has 1 aliphatic heterocycles. The lowest BCUT2D eigenvalue weighted by Gasteiger charge is -2.23. The molecule has 0 saturated heterocycles. The number of anilines is 1. The highest BCUT2D eigenvalue weighted by atomic mass is 35.5. The average molecular weight is 432 g/mol. The Balaban J connectivity index is 1.94. The minimum Gasteiger partial charge on any atom is -0.503 e. The lowest BCUT2D eigenvalue weighted by molar-refractivity contribution is -0.759. The number of phenols is 1. The summed E-state index contributed by atoms with van der Waals surface area (Å²) in [7, 11) is 0. The summed E-state index contributed by atoms with van der Waals surface area (Å²) in [5, 5.41) is 19.0. The number of aromatic hydroxyl groups is 1. The molecule has 1 aromatic heterocycles. The number of hydrogen-bond donors (Lipinski definition) is 3. The largest absolute Gasteiger partial charge is 0.503 e. The Morgan fingerprint density at radius 3 is 2.86 bits per heavy atom. The SMILES string of the molecule is CCOc1cc([C@@H]2Nc3ccccc3-c3c(=O)[nH]c(SCC)n[n+]32)cc(Cl)c1O. The fraction of sp³-hybridized carbons (Fsp3) is 0.250. The molecule has 4 rings (SSSR count). The number of para-hydroxylation sites is 1. The van der Waals surface area contributed by atoms with Gasteiger partial charge in [-0.15, -0.1) is 0 Å². The summed E-state index contributed by atoms with van der Waals surface area (Å²) >= 11 is 7.71. The van der Waals surface area contributed by atoms with Crippen LogP contribution in [0.5, 0.6) is 11.5 Å². The van der Waals surface area contributed by atoms with E-state index in [4.69, 9.17) is 16.3 Å². The van der Waals surface area contributed by atoms with E-state index in [9.17, 15) is 9.90 Å². The van der Waals surface area contributed by atoms with Crippen LogP contribution in [0.1, 0.15) is 25.6 Å². The van der Waals surface area contributed by atoms with Crippen molar-refractivity contribution in [3.63, 3.8) is 0 Å². The smallest absolute Gasteiger partial charge is 0.325 e. The molecule has 0 fully saturated rings. The summed E-state index contributed by atoms with van der Waals surface area (Å²) in [5.74, 6) is 0.946. The van der Waals surface area contributed by atoms with Gasteiger partial charge in [0, 0.05) is 10.7 Å². The third-order valence-corrected chi connectivity index (χ3v) is 5.56. The maximum Gasteiger partial charge on any atom is 0.325 e. The van der Waals surface area contributed by atoms with Crippen LogP contribution in [0.3, 0.4) is 0 Å². The minimum absolute atomic E-state index is 0.111. The molecule has 0 unspecified atom stereocenters. The molecule has 1 atom stereocenters. The zero-order chi connectivity index (χ0) is 20.5. The molecule has 0 spiro atoms. The molecule has 0 amide bonds. The maximum atomic E-state index is 12.9. The van der Waals surface area contributed by atoms with Gasteiger partial charge in [-0.3, -0.25) is 9.78 Å². The number of H-pyrrole nitrogens is 1. The first-order chi connectivity index (χ1) is 14.0. The second-order valence-corrected chi connectivity index (χ2v) is 8.02. The molecule has 150 valence electrons. The fourth-order valence-electron chi connectivity index (χ4n) is 3.33. The predicted molar refractivity (Wildman–Crippen MR) is 113 cm³/mol. The Labute approximate surface area is 176 Å². The van der Waals surface area contributed by atoms with Gasteiger partial charge in [-0.25, -0.2) is 0 Å². The number of rotatable bonds is 5. The van der Waals surface area contributed by atoms with E-state index in [0.29, 0.717) is 23.0 Å². The average Bonchev–Trinajstić information content (AvgIpc) is 2.71. The van der Waals surface area contributed by atoms with Gasteiger partial charge in [-0.05, 0) is 41.6 Å². The monoisotopic (exact) mass is 431 g/mol. The number of thioether (sulfide) groups is 1. The molecule has 9 heteroatoms. The maximum absolute atomic E-state index is 12.9. The summed E-state index contributed by atoms with van der Waals surface area (Å²) in [6.45, 7) is 4.20. The Morgan fingerprint density at radius 1 is 1.31 bits per heavy atom. The summed E-state index contributed by atoms with van der Waals surface area (Å²) in [6.07, 6.45) is -0.504. The van der Waals surface area contributed by atoms with Crippen molar-refractivity contribution in [1.82, 2.24) is 10.1 Å². The number of nitrogens with zero attached hydrogens (tertiary/aromatic N) is 2. The Hall–Kier alpha value is -2.71. The lowest BCUT2D eigenvalue weighted by Crippen LogP contribution is -2.55. The van der Waals surface area contributed by atoms with Crippen LogP contribution in [0.25, 0.3) is 11.3 Å². The second kappa shape index (κ2) is 7.96. The Kier molecular flexibility index (Phi) is 5.38. The fourth-order valence-corrected chi connectivity index (χ4v) is 4.14. The number of hydrogen-bond acceptors (Lipinski definition) is 6. The topological polar surface area (TPSA) is 91.1 Å². The van der Waals surface area contributed by atoms with Gasteiger partial charge < -0.3 is 15.2 Å². The van der Waals surface area contributed by atoms with Crippen molar-refractivity contribution in [1.29, 1.82) is 0 Å². The molecule has 7 nitrogen and oxygen atoms in total. The molecular weight excluding hydrogens is 412 g/mol. The van der Waals surface area contributed by atoms with Crippen molar-refractivity contribution in [2.45, 2.75) is 25.2 Å². The highest BCUT2D eigenvalue weighted by Gasteiger charge is 2.38. The highest BCUT2D eigenvalue weighted by Crippen LogP contribution is 2.39. The minimum atomic E-state index is -0.504. The lowest BCUT2D eigenvalue weighted by atomic mass is 10.0. The highest BCUT2D eigenvalue weighted by molar-refractivity contribution is 7.99. The van der Waals surface area contributed by atoms with Crippen LogP contribution < -0.4 is 20.3 Å². The van der Waals surface area contributed by atoms with Crippen molar-refractivity contribution in [2.24, 2.45) is 0 Å². The standard InChI is InChI=1S/C20H19ClN4O3S/c1-3-28-15-10-11(9-13(21)17(15)26)18-22-14-8-6-5-7-12(14)16-19(27)23-20(29-4-2)24-25(16)18/h5-10,18H,3-4H2,1-2H3,(H2,23,24,26,27)/p+1/t18-/m1/s1. The molecule has 0 saturated carbocycles. The van der Waals surface area contributed by atoms with Crippen LogP contribution in [-0.4, -0.2) is 27.5 Å². The molecule has 3 N–H and O–H groups in total. The van der Waals surface area contributed by atoms with Gasteiger partial charge in [0.1, 0.15) is 0 Å². The third-order valence-electron chi connectivity index (χ3n) is 4.53. The van der Waals surface area contributed by atoms with Gasteiger partial charge in [-0.2, -0.15) is 0 Å². The van der Waals surface area contributed by atoms with E-state index in [0.717, 1.165) is 17.0 Å². The normalized spacial score (nSPS) is 14.7. The van der Waals surface area contributed by atoms with Crippen molar-refractivity contribution >= 4 is 29.1 Å². The van der Waals surface area contributed by atoms with Crippen LogP contribution >= 0.6 is 23.4 Å². The molecule has 29 heavy (non-hydrogen) atoms. The second-order valence-electron chi connectivity index (χ2n) is 6.36. The molecule has 2 aromatic carbocycles. The van der Waals surface area contributed by atoms with E-state index in [1.54, 1.807) is 16.8 Å². The van der Waals surface area contributed by atoms with Gasteiger partial charge in [0.25, 0.3) is 6.17 Å². The van der Waals surface area contributed by atoms with Crippen molar-refractivity contribution in [3.8, 4) is 22.8 Å². The molecule has 0 bridgehead atoms. The Bertz CT molecular complexity index is 1140. The van der Waals surface area contributed by atoms with Crippen molar-refractivity contribution in [2.75, 3.05) is 17.7 Å². The molecule has 0 radical (unpaired) electrons. The molecule has 3 aromatic rings. The first kappa shape index (κ1) is 19.6. The first-order valence-corrected chi connectivity index (χ1v) is 10.6. The van der Waals surface area contributed by atoms with E-state index >= 15 is 0 Å². The molecule has 1 aliphatic rings. The quantitative estimate of drug-likeness (QED) is 0.422. The van der Waals surface area contributed by atoms with Crippen molar-refractivity contribution in [3.05, 3.63) is 57.3 Å². The molecule has 0 aliphatic carbocycles. The molecule has 2 heterocycles. The summed E-state index contributed by atoms with van der Waals surface area (Å²) < 4.78 is 7.19. The summed E-state index contributed by atoms with van der Waals surface area (Å²) in [5.41, 5.74) is 2.52. The number of benzene rings is 2. The van der Waals surface area contributed by atoms with Gasteiger partial charge in [0.15, 0.2) is 11.5 Å². The van der Waals surface area contributed by atoms with Crippen LogP contribution in [0.2, 0.25) is 5.02 Å². The van der Waals surface area contributed by atoms with E-state index in [-0.39, 0.29) is 22.1 Å². The third kappa shape index (κ3) is 3.54. The zero-order valence-electron chi connectivity index (χ0n) is 15.9. The van der Waals surface area contributed by atoms with Crippen LogP contribution in [0.4, 0.5) is 5.69 Å². The number of nitrogens with one attached hydrogen (secondary N) is 2. The van der Waals surface area contributed by atoms with E-state index in [2.05, 4.69) is 15.4 Å². The first-order valence-electron chi connectivity index (χ1n) is 9.23. The van der Waals surface area contributed by atoms with Crippen LogP contribution in [0, 0.1) is 0 Å². The van der Waals surface area contributed by atoms with Crippen LogP contribution in [-0.2, 0) is 0 Å². The van der Waals surface area contributed by atoms with Gasteiger partial charge in [-0.1, -0.05) is 42.4 Å².